The molecule has 0 radical (unpaired) electrons. The van der Waals surface area contributed by atoms with Crippen molar-refractivity contribution < 1.29 is 4.79 Å². The average Bonchev–Trinajstić information content (AvgIpc) is 2.24. The van der Waals surface area contributed by atoms with Crippen LogP contribution in [0.2, 0.25) is 0 Å². The van der Waals surface area contributed by atoms with Gasteiger partial charge in [0.15, 0.2) is 0 Å². The fourth-order valence-corrected chi connectivity index (χ4v) is 1.74. The summed E-state index contributed by atoms with van der Waals surface area (Å²) in [5, 5.41) is 6.20. The van der Waals surface area contributed by atoms with Crippen molar-refractivity contribution in [2.24, 2.45) is 0 Å². The van der Waals surface area contributed by atoms with E-state index in [1.165, 1.54) is 0 Å². The van der Waals surface area contributed by atoms with Gasteiger partial charge < -0.3 is 10.6 Å². The lowest BCUT2D eigenvalue weighted by atomic mass is 9.83. The van der Waals surface area contributed by atoms with E-state index in [0.717, 1.165) is 18.7 Å². The lowest BCUT2D eigenvalue weighted by molar-refractivity contribution is -0.126. The van der Waals surface area contributed by atoms with Gasteiger partial charge in [0, 0.05) is 13.1 Å². The van der Waals surface area contributed by atoms with Gasteiger partial charge in [-0.05, 0) is 19.4 Å². The smallest absolute Gasteiger partial charge is 0.230 e. The van der Waals surface area contributed by atoms with E-state index in [1.807, 2.05) is 44.2 Å². The Bertz CT molecular complexity index is 369. The van der Waals surface area contributed by atoms with Crippen molar-refractivity contribution in [3.8, 4) is 0 Å². The van der Waals surface area contributed by atoms with Crippen molar-refractivity contribution in [3.63, 3.8) is 0 Å². The number of benzene rings is 1. The fourth-order valence-electron chi connectivity index (χ4n) is 1.74. The Hall–Kier alpha value is -1.35. The summed E-state index contributed by atoms with van der Waals surface area (Å²) in [7, 11) is 0. The quantitative estimate of drug-likeness (QED) is 0.796. The Balaban J connectivity index is 2.08. The lowest BCUT2D eigenvalue weighted by Crippen LogP contribution is -2.59. The zero-order valence-corrected chi connectivity index (χ0v) is 9.79. The minimum absolute atomic E-state index is 0.102. The Morgan fingerprint density at radius 3 is 2.44 bits per heavy atom. The summed E-state index contributed by atoms with van der Waals surface area (Å²) in [4.78, 5) is 12.1. The Kier molecular flexibility index (Phi) is 2.97. The van der Waals surface area contributed by atoms with Crippen molar-refractivity contribution in [2.45, 2.75) is 25.3 Å². The van der Waals surface area contributed by atoms with Crippen LogP contribution >= 0.6 is 0 Å². The molecule has 16 heavy (non-hydrogen) atoms. The van der Waals surface area contributed by atoms with Crippen molar-refractivity contribution in [3.05, 3.63) is 35.9 Å². The van der Waals surface area contributed by atoms with Gasteiger partial charge in [-0.1, -0.05) is 30.3 Å². The molecule has 0 bridgehead atoms. The number of rotatable bonds is 3. The van der Waals surface area contributed by atoms with Gasteiger partial charge in [-0.25, -0.2) is 0 Å². The van der Waals surface area contributed by atoms with Crippen LogP contribution in [-0.2, 0) is 10.2 Å². The molecule has 3 heteroatoms. The zero-order valence-electron chi connectivity index (χ0n) is 9.79. The highest BCUT2D eigenvalue weighted by Gasteiger charge is 2.32. The summed E-state index contributed by atoms with van der Waals surface area (Å²) < 4.78 is 0. The predicted octanol–water partition coefficient (Wildman–Crippen LogP) is 1.05. The maximum absolute atomic E-state index is 12.1. The molecule has 1 aliphatic rings. The third kappa shape index (κ3) is 2.09. The predicted molar refractivity (Wildman–Crippen MR) is 64.3 cm³/mol. The minimum Gasteiger partial charge on any atom is -0.350 e. The molecule has 0 atom stereocenters. The summed E-state index contributed by atoms with van der Waals surface area (Å²) in [5.74, 6) is 0.102. The molecule has 0 aromatic heterocycles. The van der Waals surface area contributed by atoms with Crippen molar-refractivity contribution in [1.82, 2.24) is 10.6 Å². The van der Waals surface area contributed by atoms with Gasteiger partial charge in [0.2, 0.25) is 5.91 Å². The van der Waals surface area contributed by atoms with Crippen LogP contribution in [0.15, 0.2) is 30.3 Å². The van der Waals surface area contributed by atoms with Crippen molar-refractivity contribution >= 4 is 5.91 Å². The molecule has 1 heterocycles. The number of nitrogens with one attached hydrogen (secondary N) is 2. The maximum Gasteiger partial charge on any atom is 0.230 e. The van der Waals surface area contributed by atoms with Crippen molar-refractivity contribution in [2.75, 3.05) is 13.1 Å². The van der Waals surface area contributed by atoms with E-state index >= 15 is 0 Å². The van der Waals surface area contributed by atoms with E-state index in [4.69, 9.17) is 0 Å². The number of hydrogen-bond donors (Lipinski definition) is 2. The molecule has 3 nitrogen and oxygen atoms in total. The zero-order chi connectivity index (χ0) is 11.6. The topological polar surface area (TPSA) is 41.1 Å². The summed E-state index contributed by atoms with van der Waals surface area (Å²) in [6.45, 7) is 5.70. The van der Waals surface area contributed by atoms with Crippen molar-refractivity contribution in [1.29, 1.82) is 0 Å². The van der Waals surface area contributed by atoms with E-state index < -0.39 is 5.41 Å². The molecule has 0 aliphatic carbocycles. The molecular weight excluding hydrogens is 200 g/mol. The first kappa shape index (κ1) is 11.1. The molecule has 2 N–H and O–H groups in total. The van der Waals surface area contributed by atoms with E-state index in [-0.39, 0.29) is 5.91 Å². The molecule has 1 amide bonds. The number of carbonyl (C=O) groups excluding carboxylic acids is 1. The normalized spacial score (nSPS) is 16.6. The second-order valence-electron chi connectivity index (χ2n) is 4.82. The number of amides is 1. The molecule has 0 saturated carbocycles. The largest absolute Gasteiger partial charge is 0.350 e. The van der Waals surface area contributed by atoms with E-state index in [0.29, 0.717) is 6.04 Å². The summed E-state index contributed by atoms with van der Waals surface area (Å²) in [5.41, 5.74) is 0.594. The van der Waals surface area contributed by atoms with Gasteiger partial charge in [0.1, 0.15) is 0 Å². The average molecular weight is 218 g/mol. The molecule has 2 rings (SSSR count). The Morgan fingerprint density at radius 2 is 1.94 bits per heavy atom. The van der Waals surface area contributed by atoms with Crippen LogP contribution < -0.4 is 10.6 Å². The molecule has 86 valence electrons. The molecule has 1 aliphatic heterocycles. The van der Waals surface area contributed by atoms with Gasteiger partial charge >= 0.3 is 0 Å². The van der Waals surface area contributed by atoms with Crippen LogP contribution in [0, 0.1) is 0 Å². The molecule has 1 fully saturated rings. The first-order chi connectivity index (χ1) is 7.60. The summed E-state index contributed by atoms with van der Waals surface area (Å²) in [6, 6.07) is 10.2. The second kappa shape index (κ2) is 4.26. The van der Waals surface area contributed by atoms with Gasteiger partial charge in [-0.3, -0.25) is 4.79 Å². The minimum atomic E-state index is -0.461. The van der Waals surface area contributed by atoms with Gasteiger partial charge in [-0.2, -0.15) is 0 Å². The molecule has 0 spiro atoms. The van der Waals surface area contributed by atoms with Gasteiger partial charge in [0.05, 0.1) is 11.5 Å². The molecule has 1 saturated heterocycles. The molecular formula is C13H18N2O. The Morgan fingerprint density at radius 1 is 1.31 bits per heavy atom. The second-order valence-corrected chi connectivity index (χ2v) is 4.82. The highest BCUT2D eigenvalue weighted by Crippen LogP contribution is 2.23. The highest BCUT2D eigenvalue weighted by molar-refractivity contribution is 5.87. The molecule has 0 unspecified atom stereocenters. The monoisotopic (exact) mass is 218 g/mol. The lowest BCUT2D eigenvalue weighted by Gasteiger charge is -2.32. The third-order valence-electron chi connectivity index (χ3n) is 3.18. The molecule has 1 aromatic carbocycles. The van der Waals surface area contributed by atoms with Gasteiger partial charge in [-0.15, -0.1) is 0 Å². The van der Waals surface area contributed by atoms with Crippen LogP contribution in [0.3, 0.4) is 0 Å². The summed E-state index contributed by atoms with van der Waals surface area (Å²) >= 11 is 0. The van der Waals surface area contributed by atoms with E-state index in [2.05, 4.69) is 10.6 Å². The standard InChI is InChI=1S/C13H18N2O/c1-13(2,10-6-4-3-5-7-10)12(16)15-11-8-14-9-11/h3-7,11,14H,8-9H2,1-2H3,(H,15,16). The maximum atomic E-state index is 12.1. The first-order valence-corrected chi connectivity index (χ1v) is 5.68. The Labute approximate surface area is 96.2 Å². The SMILES string of the molecule is CC(C)(C(=O)NC1CNC1)c1ccccc1. The summed E-state index contributed by atoms with van der Waals surface area (Å²) in [6.07, 6.45) is 0. The van der Waals surface area contributed by atoms with Crippen LogP contribution in [0.1, 0.15) is 19.4 Å². The fraction of sp³-hybridized carbons (Fsp3) is 0.462. The number of hydrogen-bond acceptors (Lipinski definition) is 2. The first-order valence-electron chi connectivity index (χ1n) is 5.68. The van der Waals surface area contributed by atoms with E-state index in [9.17, 15) is 4.79 Å². The van der Waals surface area contributed by atoms with E-state index in [1.54, 1.807) is 0 Å². The van der Waals surface area contributed by atoms with Crippen LogP contribution in [0.4, 0.5) is 0 Å². The van der Waals surface area contributed by atoms with Crippen LogP contribution in [-0.4, -0.2) is 25.0 Å². The van der Waals surface area contributed by atoms with Crippen LogP contribution in [0.5, 0.6) is 0 Å². The van der Waals surface area contributed by atoms with Gasteiger partial charge in [0.25, 0.3) is 0 Å². The third-order valence-corrected chi connectivity index (χ3v) is 3.18. The molecule has 1 aromatic rings. The van der Waals surface area contributed by atoms with Crippen LogP contribution in [0.25, 0.3) is 0 Å². The number of carbonyl (C=O) groups is 1. The highest BCUT2D eigenvalue weighted by atomic mass is 16.2.